The molecule has 1 rings (SSSR count). The van der Waals surface area contributed by atoms with Gasteiger partial charge in [0.05, 0.1) is 6.61 Å². The molecule has 22 heavy (non-hydrogen) atoms. The lowest BCUT2D eigenvalue weighted by Gasteiger charge is -2.11. The summed E-state index contributed by atoms with van der Waals surface area (Å²) in [5, 5.41) is 6.07. The Bertz CT molecular complexity index is 474. The molecule has 0 aliphatic carbocycles. The van der Waals surface area contributed by atoms with Crippen molar-refractivity contribution in [3.8, 4) is 0 Å². The van der Waals surface area contributed by atoms with E-state index >= 15 is 0 Å². The molecule has 0 aromatic carbocycles. The summed E-state index contributed by atoms with van der Waals surface area (Å²) in [4.78, 5) is 44.9. The molecule has 2 N–H and O–H groups in total. The quantitative estimate of drug-likeness (QED) is 0.449. The van der Waals surface area contributed by atoms with Crippen LogP contribution in [0.5, 0.6) is 0 Å². The van der Waals surface area contributed by atoms with Crippen LogP contribution in [0.4, 0.5) is 0 Å². The highest BCUT2D eigenvalue weighted by molar-refractivity contribution is 6.37. The minimum atomic E-state index is -0.735. The van der Waals surface area contributed by atoms with Gasteiger partial charge in [0.1, 0.15) is 5.71 Å². The Morgan fingerprint density at radius 3 is 2.68 bits per heavy atom. The summed E-state index contributed by atoms with van der Waals surface area (Å²) in [6, 6.07) is 0. The van der Waals surface area contributed by atoms with Crippen LogP contribution in [0.15, 0.2) is 5.10 Å². The first-order valence-electron chi connectivity index (χ1n) is 6.97. The summed E-state index contributed by atoms with van der Waals surface area (Å²) in [7, 11) is 0. The number of ether oxygens (including phenoxy) is 2. The van der Waals surface area contributed by atoms with Crippen molar-refractivity contribution in [3.63, 3.8) is 0 Å². The monoisotopic (exact) mass is 313 g/mol. The van der Waals surface area contributed by atoms with Gasteiger partial charge >= 0.3 is 11.9 Å². The summed E-state index contributed by atoms with van der Waals surface area (Å²) >= 11 is 0. The van der Waals surface area contributed by atoms with Crippen molar-refractivity contribution >= 4 is 29.5 Å². The lowest BCUT2D eigenvalue weighted by molar-refractivity contribution is -0.143. The zero-order chi connectivity index (χ0) is 16.4. The van der Waals surface area contributed by atoms with Crippen molar-refractivity contribution < 1.29 is 28.7 Å². The Morgan fingerprint density at radius 2 is 2.05 bits per heavy atom. The van der Waals surface area contributed by atoms with Crippen molar-refractivity contribution in [1.82, 2.24) is 10.7 Å². The maximum atomic E-state index is 11.6. The maximum absolute atomic E-state index is 11.6. The molecule has 0 aromatic rings. The summed E-state index contributed by atoms with van der Waals surface area (Å²) in [6.45, 7) is 1.89. The first kappa shape index (κ1) is 17.6. The number of nitrogens with one attached hydrogen (secondary N) is 2. The molecule has 0 saturated heterocycles. The molecule has 0 unspecified atom stereocenters. The van der Waals surface area contributed by atoms with E-state index in [-0.39, 0.29) is 43.4 Å². The van der Waals surface area contributed by atoms with Crippen molar-refractivity contribution in [3.05, 3.63) is 0 Å². The van der Waals surface area contributed by atoms with E-state index in [0.717, 1.165) is 0 Å². The topological polar surface area (TPSA) is 123 Å². The van der Waals surface area contributed by atoms with Gasteiger partial charge in [0.15, 0.2) is 6.61 Å². The molecule has 2 amide bonds. The van der Waals surface area contributed by atoms with Crippen LogP contribution in [0.1, 0.15) is 32.6 Å². The molecule has 0 saturated carbocycles. The predicted molar refractivity (Wildman–Crippen MR) is 74.6 cm³/mol. The molecule has 9 heteroatoms. The van der Waals surface area contributed by atoms with E-state index in [9.17, 15) is 19.2 Å². The molecular weight excluding hydrogens is 294 g/mol. The van der Waals surface area contributed by atoms with Gasteiger partial charge in [-0.3, -0.25) is 14.4 Å². The van der Waals surface area contributed by atoms with E-state index in [0.29, 0.717) is 13.0 Å². The molecule has 122 valence electrons. The van der Waals surface area contributed by atoms with Crippen LogP contribution >= 0.6 is 0 Å². The molecule has 1 aliphatic rings. The number of esters is 2. The van der Waals surface area contributed by atoms with E-state index in [1.165, 1.54) is 0 Å². The van der Waals surface area contributed by atoms with Crippen LogP contribution < -0.4 is 10.7 Å². The molecule has 9 nitrogen and oxygen atoms in total. The second kappa shape index (κ2) is 9.48. The zero-order valence-corrected chi connectivity index (χ0v) is 12.3. The molecule has 0 radical (unpaired) electrons. The van der Waals surface area contributed by atoms with Crippen molar-refractivity contribution in [2.45, 2.75) is 32.6 Å². The molecular formula is C13H19N3O6. The van der Waals surface area contributed by atoms with E-state index in [2.05, 4.69) is 15.8 Å². The van der Waals surface area contributed by atoms with Crippen molar-refractivity contribution in [1.29, 1.82) is 0 Å². The number of hydrogen-bond acceptors (Lipinski definition) is 7. The average molecular weight is 313 g/mol. The lowest BCUT2D eigenvalue weighted by Crippen LogP contribution is -2.34. The second-order valence-corrected chi connectivity index (χ2v) is 4.43. The number of amides is 2. The van der Waals surface area contributed by atoms with Crippen molar-refractivity contribution in [2.24, 2.45) is 5.10 Å². The molecule has 1 heterocycles. The number of hydrogen-bond donors (Lipinski definition) is 2. The molecule has 0 fully saturated rings. The Morgan fingerprint density at radius 1 is 1.27 bits per heavy atom. The highest BCUT2D eigenvalue weighted by Crippen LogP contribution is 2.01. The zero-order valence-electron chi connectivity index (χ0n) is 12.3. The fraction of sp³-hybridized carbons (Fsp3) is 0.615. The van der Waals surface area contributed by atoms with Gasteiger partial charge < -0.3 is 14.8 Å². The minimum absolute atomic E-state index is 0.0784. The third-order valence-corrected chi connectivity index (χ3v) is 2.66. The lowest BCUT2D eigenvalue weighted by atomic mass is 10.2. The number of rotatable bonds is 8. The highest BCUT2D eigenvalue weighted by Gasteiger charge is 2.20. The van der Waals surface area contributed by atoms with Gasteiger partial charge in [-0.2, -0.15) is 5.10 Å². The van der Waals surface area contributed by atoms with Gasteiger partial charge in [-0.1, -0.05) is 0 Å². The summed E-state index contributed by atoms with van der Waals surface area (Å²) in [5.41, 5.74) is 2.25. The van der Waals surface area contributed by atoms with E-state index < -0.39 is 18.5 Å². The third kappa shape index (κ3) is 6.82. The summed E-state index contributed by atoms with van der Waals surface area (Å²) < 4.78 is 9.51. The first-order chi connectivity index (χ1) is 10.5. The Labute approximate surface area is 127 Å². The fourth-order valence-corrected chi connectivity index (χ4v) is 1.58. The van der Waals surface area contributed by atoms with Gasteiger partial charge in [-0.05, 0) is 13.3 Å². The average Bonchev–Trinajstić information content (AvgIpc) is 2.50. The number of carbonyl (C=O) groups is 4. The van der Waals surface area contributed by atoms with Crippen LogP contribution in [0.2, 0.25) is 0 Å². The minimum Gasteiger partial charge on any atom is -0.466 e. The number of nitrogens with zero attached hydrogens (tertiary/aromatic N) is 1. The van der Waals surface area contributed by atoms with Crippen LogP contribution in [0, 0.1) is 0 Å². The first-order valence-corrected chi connectivity index (χ1v) is 6.97. The van der Waals surface area contributed by atoms with E-state index in [4.69, 9.17) is 9.47 Å². The Hall–Kier alpha value is -2.45. The van der Waals surface area contributed by atoms with Crippen LogP contribution in [0.3, 0.4) is 0 Å². The van der Waals surface area contributed by atoms with E-state index in [1.807, 2.05) is 0 Å². The Balaban J connectivity index is 2.14. The highest BCUT2D eigenvalue weighted by atomic mass is 16.5. The molecule has 0 spiro atoms. The molecule has 0 atom stereocenters. The standard InChI is InChI=1S/C13H19N3O6/c1-2-21-12(19)4-3-7-14-11(18)8-22-13(20)9-5-6-10(17)16-15-9/h2-8H2,1H3,(H,14,18)(H,16,17). The third-order valence-electron chi connectivity index (χ3n) is 2.66. The summed E-state index contributed by atoms with van der Waals surface area (Å²) in [6.07, 6.45) is 1.00. The summed E-state index contributed by atoms with van der Waals surface area (Å²) in [5.74, 6) is -1.80. The van der Waals surface area contributed by atoms with Gasteiger partial charge in [0, 0.05) is 25.8 Å². The van der Waals surface area contributed by atoms with Crippen molar-refractivity contribution in [2.75, 3.05) is 19.8 Å². The van der Waals surface area contributed by atoms with Gasteiger partial charge in [0.25, 0.3) is 5.91 Å². The fourth-order valence-electron chi connectivity index (χ4n) is 1.58. The Kier molecular flexibility index (Phi) is 7.58. The maximum Gasteiger partial charge on any atom is 0.355 e. The normalized spacial score (nSPS) is 13.7. The van der Waals surface area contributed by atoms with Crippen LogP contribution in [0.25, 0.3) is 0 Å². The van der Waals surface area contributed by atoms with Crippen LogP contribution in [-0.4, -0.2) is 49.2 Å². The van der Waals surface area contributed by atoms with E-state index in [1.54, 1.807) is 6.92 Å². The molecule has 0 aromatic heterocycles. The van der Waals surface area contributed by atoms with Gasteiger partial charge in [-0.25, -0.2) is 10.2 Å². The largest absolute Gasteiger partial charge is 0.466 e. The molecule has 1 aliphatic heterocycles. The van der Waals surface area contributed by atoms with Crippen LogP contribution in [-0.2, 0) is 28.7 Å². The van der Waals surface area contributed by atoms with Gasteiger partial charge in [0.2, 0.25) is 5.91 Å². The number of carbonyl (C=O) groups excluding carboxylic acids is 4. The smallest absolute Gasteiger partial charge is 0.355 e. The number of hydrazone groups is 1. The predicted octanol–water partition coefficient (Wildman–Crippen LogP) is -0.745. The molecule has 0 bridgehead atoms. The SMILES string of the molecule is CCOC(=O)CCCNC(=O)COC(=O)C1=NNC(=O)CC1. The second-order valence-electron chi connectivity index (χ2n) is 4.43. The van der Waals surface area contributed by atoms with Gasteiger partial charge in [-0.15, -0.1) is 0 Å².